The van der Waals surface area contributed by atoms with E-state index >= 15 is 0 Å². The van der Waals surface area contributed by atoms with Crippen LogP contribution in [0.3, 0.4) is 0 Å². The number of aryl methyl sites for hydroxylation is 4. The van der Waals surface area contributed by atoms with Crippen LogP contribution in [0.5, 0.6) is 0 Å². The van der Waals surface area contributed by atoms with E-state index in [1.807, 2.05) is 77.3 Å². The van der Waals surface area contributed by atoms with Gasteiger partial charge in [0.15, 0.2) is 0 Å². The van der Waals surface area contributed by atoms with Crippen LogP contribution in [0, 0.1) is 50.4 Å². The van der Waals surface area contributed by atoms with Crippen LogP contribution in [0.15, 0.2) is 18.2 Å². The van der Waals surface area contributed by atoms with Gasteiger partial charge in [-0.2, -0.15) is 10.5 Å². The molecule has 3 aromatic heterocycles. The minimum atomic E-state index is -0.545. The minimum absolute atomic E-state index is 0.237. The molecule has 3 aromatic rings. The van der Waals surface area contributed by atoms with E-state index in [2.05, 4.69) is 31.2 Å². The fourth-order valence-electron chi connectivity index (χ4n) is 7.64. The van der Waals surface area contributed by atoms with Gasteiger partial charge < -0.3 is 53.5 Å². The zero-order valence-electron chi connectivity index (χ0n) is 44.9. The second-order valence-corrected chi connectivity index (χ2v) is 19.3. The Bertz CT molecular complexity index is 2520. The SMILES string of the molecule is CCOC(=O)c1cc(C#N)c(C)nc1N1CCN(C(=O)OC(C)(C)C)CC1.CCOC(=O)c1cc(C#N)c(C)nc1N1CCNCC1.CCOC(=O)c1cc(C)c(C)nc1N1CCN(C(=O)OC(C)(C)C)CC1. The largest absolute Gasteiger partial charge is 0.462 e. The highest BCUT2D eigenvalue weighted by atomic mass is 16.6. The van der Waals surface area contributed by atoms with Crippen molar-refractivity contribution in [2.75, 3.05) is 113 Å². The van der Waals surface area contributed by atoms with Crippen LogP contribution in [0.4, 0.5) is 27.0 Å². The maximum absolute atomic E-state index is 12.3. The zero-order valence-corrected chi connectivity index (χ0v) is 44.9. The molecule has 0 aromatic carbocycles. The summed E-state index contributed by atoms with van der Waals surface area (Å²) in [5.74, 6) is 0.411. The van der Waals surface area contributed by atoms with Gasteiger partial charge in [0.05, 0.1) is 42.3 Å². The minimum Gasteiger partial charge on any atom is -0.462 e. The number of hydrogen-bond acceptors (Lipinski definition) is 19. The Hall–Kier alpha value is -7.26. The van der Waals surface area contributed by atoms with Crippen molar-refractivity contribution in [1.29, 1.82) is 10.5 Å². The van der Waals surface area contributed by atoms with E-state index in [1.165, 1.54) is 6.07 Å². The lowest BCUT2D eigenvalue weighted by atomic mass is 10.1. The number of anilines is 3. The van der Waals surface area contributed by atoms with Crippen molar-refractivity contribution in [1.82, 2.24) is 30.1 Å². The summed E-state index contributed by atoms with van der Waals surface area (Å²) < 4.78 is 26.2. The number of ether oxygens (including phenoxy) is 5. The number of carbonyl (C=O) groups excluding carboxylic acids is 5. The van der Waals surface area contributed by atoms with Crippen LogP contribution in [0.1, 0.15) is 127 Å². The quantitative estimate of drug-likeness (QED) is 0.183. The second kappa shape index (κ2) is 26.4. The molecule has 0 aliphatic carbocycles. The van der Waals surface area contributed by atoms with Gasteiger partial charge in [0.1, 0.15) is 57.5 Å². The summed E-state index contributed by atoms with van der Waals surface area (Å²) in [5.41, 5.74) is 3.82. The molecule has 0 radical (unpaired) electrons. The summed E-state index contributed by atoms with van der Waals surface area (Å²) in [4.78, 5) is 84.0. The van der Waals surface area contributed by atoms with Crippen LogP contribution >= 0.6 is 0 Å². The molecule has 3 saturated heterocycles. The Kier molecular flexibility index (Phi) is 21.1. The summed E-state index contributed by atoms with van der Waals surface area (Å²) in [7, 11) is 0. The standard InChI is InChI=1S/C19H26N4O4.C19H29N3O4.C14H18N4O2/c1-6-26-17(24)15-11-14(12-20)13(2)21-16(15)22-7-9-23(10-8-22)18(25)27-19(3,4)5;1-7-25-17(23)15-12-13(2)14(3)20-16(15)21-8-10-22(11-9-21)18(24)26-19(4,5)6;1-3-20-14(19)12-8-11(9-15)10(2)17-13(12)18-6-4-16-5-7-18/h11H,6-10H2,1-5H3;12H,7-11H2,1-6H3;8,16H,3-7H2,1-2H3. The van der Waals surface area contributed by atoms with Gasteiger partial charge in [-0.25, -0.2) is 38.9 Å². The molecule has 6 rings (SSSR count). The second-order valence-electron chi connectivity index (χ2n) is 19.3. The topological polar surface area (TPSA) is 246 Å². The molecule has 6 heterocycles. The van der Waals surface area contributed by atoms with E-state index in [4.69, 9.17) is 28.9 Å². The van der Waals surface area contributed by atoms with Gasteiger partial charge in [0.2, 0.25) is 0 Å². The lowest BCUT2D eigenvalue weighted by Gasteiger charge is -2.36. The van der Waals surface area contributed by atoms with Gasteiger partial charge in [-0.15, -0.1) is 0 Å². The first-order chi connectivity index (χ1) is 34.4. The lowest BCUT2D eigenvalue weighted by molar-refractivity contribution is 0.0229. The van der Waals surface area contributed by atoms with E-state index in [-0.39, 0.29) is 30.3 Å². The molecule has 1 N–H and O–H groups in total. The first-order valence-corrected chi connectivity index (χ1v) is 24.7. The Labute approximate surface area is 429 Å². The summed E-state index contributed by atoms with van der Waals surface area (Å²) >= 11 is 0. The predicted octanol–water partition coefficient (Wildman–Crippen LogP) is 6.28. The Morgan fingerprint density at radius 1 is 0.521 bits per heavy atom. The van der Waals surface area contributed by atoms with Crippen LogP contribution < -0.4 is 20.0 Å². The highest BCUT2D eigenvalue weighted by molar-refractivity contribution is 5.97. The van der Waals surface area contributed by atoms with Crippen LogP contribution in [-0.4, -0.2) is 164 Å². The third-order valence-electron chi connectivity index (χ3n) is 11.4. The fourth-order valence-corrected chi connectivity index (χ4v) is 7.64. The number of rotatable bonds is 9. The monoisotopic (exact) mass is 1010 g/mol. The molecule has 0 spiro atoms. The fraction of sp³-hybridized carbons (Fsp3) is 0.577. The number of nitriles is 2. The van der Waals surface area contributed by atoms with E-state index in [9.17, 15) is 29.2 Å². The van der Waals surface area contributed by atoms with Crippen molar-refractivity contribution in [2.24, 2.45) is 0 Å². The highest BCUT2D eigenvalue weighted by Crippen LogP contribution is 2.27. The van der Waals surface area contributed by atoms with Crippen molar-refractivity contribution in [3.8, 4) is 12.1 Å². The molecule has 21 nitrogen and oxygen atoms in total. The number of hydrogen-bond donors (Lipinski definition) is 1. The maximum Gasteiger partial charge on any atom is 0.410 e. The molecule has 21 heteroatoms. The van der Waals surface area contributed by atoms with Crippen LogP contribution in [0.2, 0.25) is 0 Å². The van der Waals surface area contributed by atoms with Gasteiger partial charge >= 0.3 is 30.1 Å². The molecule has 0 atom stereocenters. The highest BCUT2D eigenvalue weighted by Gasteiger charge is 2.31. The van der Waals surface area contributed by atoms with Crippen molar-refractivity contribution in [2.45, 2.75) is 101 Å². The number of esters is 3. The van der Waals surface area contributed by atoms with Gasteiger partial charge in [-0.3, -0.25) is 0 Å². The van der Waals surface area contributed by atoms with Crippen molar-refractivity contribution in [3.63, 3.8) is 0 Å². The summed E-state index contributed by atoms with van der Waals surface area (Å²) in [6, 6.07) is 9.04. The molecule has 3 fully saturated rings. The molecule has 2 amide bonds. The average molecular weight is 1010 g/mol. The van der Waals surface area contributed by atoms with Gasteiger partial charge in [0, 0.05) is 84.2 Å². The van der Waals surface area contributed by atoms with Crippen molar-refractivity contribution >= 4 is 47.5 Å². The number of amides is 2. The Morgan fingerprint density at radius 3 is 1.15 bits per heavy atom. The number of piperazine rings is 3. The molecular weight excluding hydrogens is 939 g/mol. The first-order valence-electron chi connectivity index (χ1n) is 24.7. The average Bonchev–Trinajstić information content (AvgIpc) is 3.34. The summed E-state index contributed by atoms with van der Waals surface area (Å²) in [5, 5.41) is 21.6. The molecule has 396 valence electrons. The number of nitrogens with one attached hydrogen (secondary N) is 1. The van der Waals surface area contributed by atoms with Gasteiger partial charge in [0.25, 0.3) is 0 Å². The van der Waals surface area contributed by atoms with Crippen molar-refractivity contribution < 1.29 is 47.7 Å². The number of nitrogens with zero attached hydrogens (tertiary/aromatic N) is 10. The molecule has 73 heavy (non-hydrogen) atoms. The molecule has 0 saturated carbocycles. The first kappa shape index (κ1) is 58.3. The molecule has 0 unspecified atom stereocenters. The molecular formula is C52H73N11O10. The van der Waals surface area contributed by atoms with Gasteiger partial charge in [-0.1, -0.05) is 0 Å². The number of carbonyl (C=O) groups is 5. The van der Waals surface area contributed by atoms with Crippen molar-refractivity contribution in [3.05, 3.63) is 68.7 Å². The van der Waals surface area contributed by atoms with Crippen LogP contribution in [0.25, 0.3) is 0 Å². The van der Waals surface area contributed by atoms with E-state index in [0.29, 0.717) is 117 Å². The lowest BCUT2D eigenvalue weighted by Crippen LogP contribution is -2.50. The Balaban J connectivity index is 0.000000240. The maximum atomic E-state index is 12.3. The number of aromatic nitrogens is 3. The summed E-state index contributed by atoms with van der Waals surface area (Å²) in [6.07, 6.45) is -0.660. The van der Waals surface area contributed by atoms with E-state index in [0.717, 1.165) is 37.4 Å². The third kappa shape index (κ3) is 16.6. The Morgan fingerprint density at radius 2 is 0.836 bits per heavy atom. The smallest absolute Gasteiger partial charge is 0.410 e. The number of pyridine rings is 3. The normalized spacial score (nSPS) is 14.8. The summed E-state index contributed by atoms with van der Waals surface area (Å²) in [6.45, 7) is 31.9. The van der Waals surface area contributed by atoms with Gasteiger partial charge in [-0.05, 0) is 114 Å². The zero-order chi connectivity index (χ0) is 54.2. The third-order valence-corrected chi connectivity index (χ3v) is 11.4. The molecule has 3 aliphatic rings. The van der Waals surface area contributed by atoms with E-state index in [1.54, 1.807) is 50.5 Å². The van der Waals surface area contributed by atoms with Crippen LogP contribution in [-0.2, 0) is 23.7 Å². The predicted molar refractivity (Wildman–Crippen MR) is 274 cm³/mol. The van der Waals surface area contributed by atoms with E-state index < -0.39 is 23.1 Å². The molecule has 3 aliphatic heterocycles. The molecule has 0 bridgehead atoms.